The topological polar surface area (TPSA) is 71.1 Å². The second-order valence-electron chi connectivity index (χ2n) is 6.36. The van der Waals surface area contributed by atoms with E-state index in [4.69, 9.17) is 18.8 Å². The van der Waals surface area contributed by atoms with Crippen molar-refractivity contribution >= 4 is 19.6 Å². The molecule has 0 fully saturated rings. The summed E-state index contributed by atoms with van der Waals surface area (Å²) in [7, 11) is 1.18. The highest BCUT2D eigenvalue weighted by molar-refractivity contribution is 6.20. The molecule has 0 saturated carbocycles. The molecule has 2 aromatic carbocycles. The van der Waals surface area contributed by atoms with E-state index >= 15 is 0 Å². The van der Waals surface area contributed by atoms with Gasteiger partial charge in [-0.15, -0.1) is 0 Å². The van der Waals surface area contributed by atoms with Crippen molar-refractivity contribution in [3.05, 3.63) is 59.7 Å². The van der Waals surface area contributed by atoms with E-state index in [2.05, 4.69) is 0 Å². The second kappa shape index (κ2) is 12.5. The van der Waals surface area contributed by atoms with Crippen LogP contribution in [-0.4, -0.2) is 32.8 Å². The van der Waals surface area contributed by atoms with Crippen molar-refractivity contribution in [3.8, 4) is 11.5 Å². The normalized spacial score (nSPS) is 10.1. The first-order valence-corrected chi connectivity index (χ1v) is 9.83. The molecule has 0 bridgehead atoms. The van der Waals surface area contributed by atoms with Gasteiger partial charge in [0.05, 0.1) is 24.3 Å². The lowest BCUT2D eigenvalue weighted by Crippen LogP contribution is -2.12. The van der Waals surface area contributed by atoms with E-state index in [0.29, 0.717) is 35.8 Å². The van der Waals surface area contributed by atoms with Crippen LogP contribution < -0.4 is 9.31 Å². The summed E-state index contributed by atoms with van der Waals surface area (Å²) in [6.45, 7) is 4.92. The van der Waals surface area contributed by atoms with E-state index in [9.17, 15) is 9.59 Å². The Morgan fingerprint density at radius 1 is 0.690 bits per heavy atom. The Hall–Kier alpha value is -2.96. The minimum absolute atomic E-state index is 0.349. The van der Waals surface area contributed by atoms with Crippen LogP contribution in [0.2, 0.25) is 0 Å². The quantitative estimate of drug-likeness (QED) is 0.296. The van der Waals surface area contributed by atoms with Gasteiger partial charge < -0.3 is 18.8 Å². The number of rotatable bonds is 12. The Morgan fingerprint density at radius 2 is 1.07 bits per heavy atom. The standard InChI is InChI=1S/C22H26BO6/c1-3-5-15-26-21(24)17-7-11-19(12-8-17)28-23-29-20-13-9-18(10-14-20)22(25)27-16-6-4-2/h7-14H,3-6,15-16H2,1-2H3. The number of esters is 2. The fraction of sp³-hybridized carbons (Fsp3) is 0.364. The van der Waals surface area contributed by atoms with Crippen molar-refractivity contribution < 1.29 is 28.4 Å². The third kappa shape index (κ3) is 7.89. The molecule has 6 nitrogen and oxygen atoms in total. The second-order valence-corrected chi connectivity index (χ2v) is 6.36. The molecule has 0 aliphatic rings. The monoisotopic (exact) mass is 397 g/mol. The molecule has 1 radical (unpaired) electrons. The first-order valence-electron chi connectivity index (χ1n) is 9.83. The predicted molar refractivity (Wildman–Crippen MR) is 110 cm³/mol. The molecule has 0 N–H and O–H groups in total. The van der Waals surface area contributed by atoms with E-state index in [0.717, 1.165) is 25.7 Å². The Morgan fingerprint density at radius 3 is 1.41 bits per heavy atom. The predicted octanol–water partition coefficient (Wildman–Crippen LogP) is 4.59. The third-order valence-corrected chi connectivity index (χ3v) is 4.01. The number of hydrogen-bond donors (Lipinski definition) is 0. The van der Waals surface area contributed by atoms with Gasteiger partial charge in [-0.25, -0.2) is 9.59 Å². The number of benzene rings is 2. The van der Waals surface area contributed by atoms with E-state index in [1.54, 1.807) is 48.5 Å². The van der Waals surface area contributed by atoms with Crippen LogP contribution in [0.4, 0.5) is 0 Å². The van der Waals surface area contributed by atoms with Crippen molar-refractivity contribution in [2.45, 2.75) is 39.5 Å². The van der Waals surface area contributed by atoms with Crippen molar-refractivity contribution in [2.24, 2.45) is 0 Å². The number of carbonyl (C=O) groups excluding carboxylic acids is 2. The van der Waals surface area contributed by atoms with Gasteiger partial charge in [0, 0.05) is 0 Å². The summed E-state index contributed by atoms with van der Waals surface area (Å²) >= 11 is 0. The summed E-state index contributed by atoms with van der Waals surface area (Å²) in [6, 6.07) is 13.2. The Balaban J connectivity index is 1.75. The van der Waals surface area contributed by atoms with Gasteiger partial charge in [0.25, 0.3) is 0 Å². The van der Waals surface area contributed by atoms with Crippen molar-refractivity contribution in [3.63, 3.8) is 0 Å². The molecule has 7 heteroatoms. The molecule has 29 heavy (non-hydrogen) atoms. The fourth-order valence-electron chi connectivity index (χ4n) is 2.26. The van der Waals surface area contributed by atoms with Crippen molar-refractivity contribution in [2.75, 3.05) is 13.2 Å². The summed E-state index contributed by atoms with van der Waals surface area (Å²) in [5.41, 5.74) is 0.937. The van der Waals surface area contributed by atoms with Crippen molar-refractivity contribution in [1.29, 1.82) is 0 Å². The molecule has 0 heterocycles. The van der Waals surface area contributed by atoms with Gasteiger partial charge in [-0.05, 0) is 61.4 Å². The summed E-state index contributed by atoms with van der Waals surface area (Å²) in [5, 5.41) is 0. The molecule has 0 amide bonds. The van der Waals surface area contributed by atoms with Gasteiger partial charge in [-0.1, -0.05) is 26.7 Å². The fourth-order valence-corrected chi connectivity index (χ4v) is 2.26. The van der Waals surface area contributed by atoms with Gasteiger partial charge >= 0.3 is 19.6 Å². The molecule has 0 saturated heterocycles. The van der Waals surface area contributed by atoms with Crippen LogP contribution in [0.3, 0.4) is 0 Å². The molecule has 2 rings (SSSR count). The SMILES string of the molecule is CCCCOC(=O)c1ccc(O[B]Oc2ccc(C(=O)OCCCC)cc2)cc1. The van der Waals surface area contributed by atoms with Gasteiger partial charge in [-0.2, -0.15) is 0 Å². The van der Waals surface area contributed by atoms with Gasteiger partial charge in [-0.3, -0.25) is 0 Å². The van der Waals surface area contributed by atoms with Crippen LogP contribution in [0.15, 0.2) is 48.5 Å². The summed E-state index contributed by atoms with van der Waals surface area (Å²) in [6.07, 6.45) is 3.64. The lowest BCUT2D eigenvalue weighted by atomic mass is 10.2. The molecule has 0 unspecified atom stereocenters. The van der Waals surface area contributed by atoms with Crippen LogP contribution in [-0.2, 0) is 9.47 Å². The Labute approximate surface area is 172 Å². The minimum atomic E-state index is -0.349. The zero-order valence-corrected chi connectivity index (χ0v) is 16.9. The smallest absolute Gasteiger partial charge is 0.526 e. The number of unbranched alkanes of at least 4 members (excludes halogenated alkanes) is 2. The van der Waals surface area contributed by atoms with Crippen LogP contribution in [0.1, 0.15) is 60.2 Å². The number of carbonyl (C=O) groups is 2. The zero-order chi connectivity index (χ0) is 20.9. The maximum absolute atomic E-state index is 11.9. The highest BCUT2D eigenvalue weighted by Gasteiger charge is 2.09. The van der Waals surface area contributed by atoms with Gasteiger partial charge in [0.15, 0.2) is 0 Å². The minimum Gasteiger partial charge on any atom is -0.526 e. The number of hydrogen-bond acceptors (Lipinski definition) is 6. The number of ether oxygens (including phenoxy) is 2. The van der Waals surface area contributed by atoms with Crippen LogP contribution in [0, 0.1) is 0 Å². The first-order chi connectivity index (χ1) is 14.1. The van der Waals surface area contributed by atoms with E-state index < -0.39 is 0 Å². The van der Waals surface area contributed by atoms with Gasteiger partial charge in [0.2, 0.25) is 0 Å². The van der Waals surface area contributed by atoms with Crippen molar-refractivity contribution in [1.82, 2.24) is 0 Å². The molecule has 0 aliphatic heterocycles. The van der Waals surface area contributed by atoms with Crippen LogP contribution >= 0.6 is 0 Å². The summed E-state index contributed by atoms with van der Waals surface area (Å²) in [5.74, 6) is 0.342. The molecule has 0 spiro atoms. The maximum atomic E-state index is 11.9. The van der Waals surface area contributed by atoms with E-state index in [-0.39, 0.29) is 11.9 Å². The van der Waals surface area contributed by atoms with E-state index in [1.807, 2.05) is 13.8 Å². The Bertz CT molecular complexity index is 692. The lowest BCUT2D eigenvalue weighted by molar-refractivity contribution is 0.0490. The average Bonchev–Trinajstić information content (AvgIpc) is 2.75. The maximum Gasteiger partial charge on any atom is 0.658 e. The highest BCUT2D eigenvalue weighted by Crippen LogP contribution is 2.15. The zero-order valence-electron chi connectivity index (χ0n) is 16.9. The molecule has 0 aliphatic carbocycles. The molecule has 153 valence electrons. The largest absolute Gasteiger partial charge is 0.658 e. The lowest BCUT2D eigenvalue weighted by Gasteiger charge is -2.08. The molecule has 0 atom stereocenters. The van der Waals surface area contributed by atoms with Crippen LogP contribution in [0.25, 0.3) is 0 Å². The third-order valence-electron chi connectivity index (χ3n) is 4.01. The molecular weight excluding hydrogens is 371 g/mol. The summed E-state index contributed by atoms with van der Waals surface area (Å²) in [4.78, 5) is 23.7. The van der Waals surface area contributed by atoms with E-state index in [1.165, 1.54) is 7.69 Å². The molecule has 2 aromatic rings. The first kappa shape index (κ1) is 22.3. The average molecular weight is 397 g/mol. The van der Waals surface area contributed by atoms with Crippen LogP contribution in [0.5, 0.6) is 11.5 Å². The highest BCUT2D eigenvalue weighted by atomic mass is 16.6. The molecule has 0 aromatic heterocycles. The summed E-state index contributed by atoms with van der Waals surface area (Å²) < 4.78 is 21.1. The van der Waals surface area contributed by atoms with Gasteiger partial charge in [0.1, 0.15) is 11.5 Å². The molecular formula is C22H26BO6. The Kier molecular flexibility index (Phi) is 9.62.